The fourth-order valence-corrected chi connectivity index (χ4v) is 2.58. The molecular weight excluding hydrogens is 242 g/mol. The molecule has 0 aromatic carbocycles. The SMILES string of the molecule is C[C@H]1CCC[C@](O)(Cc2nc(C(C)(F)F)no2)C1. The maximum atomic E-state index is 13.0. The van der Waals surface area contributed by atoms with E-state index in [2.05, 4.69) is 17.1 Å². The van der Waals surface area contributed by atoms with Gasteiger partial charge in [-0.05, 0) is 18.8 Å². The average Bonchev–Trinajstić information content (AvgIpc) is 2.64. The first-order chi connectivity index (χ1) is 8.28. The maximum Gasteiger partial charge on any atom is 0.307 e. The van der Waals surface area contributed by atoms with Crippen LogP contribution < -0.4 is 0 Å². The molecule has 1 N–H and O–H groups in total. The second-order valence-corrected chi connectivity index (χ2v) is 5.50. The van der Waals surface area contributed by atoms with Crippen LogP contribution in [-0.2, 0) is 12.3 Å². The Bertz CT molecular complexity index is 416. The van der Waals surface area contributed by atoms with Gasteiger partial charge in [0, 0.05) is 6.92 Å². The number of hydrogen-bond acceptors (Lipinski definition) is 4. The predicted octanol–water partition coefficient (Wildman–Crippen LogP) is 2.67. The third-order valence-electron chi connectivity index (χ3n) is 3.41. The number of hydrogen-bond donors (Lipinski definition) is 1. The van der Waals surface area contributed by atoms with Crippen molar-refractivity contribution in [2.45, 2.75) is 57.5 Å². The molecule has 0 amide bonds. The molecular formula is C12H18F2N2O2. The third-order valence-corrected chi connectivity index (χ3v) is 3.41. The topological polar surface area (TPSA) is 59.2 Å². The van der Waals surface area contributed by atoms with E-state index in [0.717, 1.165) is 19.8 Å². The van der Waals surface area contributed by atoms with E-state index >= 15 is 0 Å². The lowest BCUT2D eigenvalue weighted by molar-refractivity contribution is -0.0180. The van der Waals surface area contributed by atoms with Gasteiger partial charge < -0.3 is 9.63 Å². The molecule has 4 nitrogen and oxygen atoms in total. The molecule has 1 fully saturated rings. The van der Waals surface area contributed by atoms with Crippen molar-refractivity contribution in [1.82, 2.24) is 10.1 Å². The van der Waals surface area contributed by atoms with E-state index in [1.165, 1.54) is 0 Å². The number of aliphatic hydroxyl groups is 1. The summed E-state index contributed by atoms with van der Waals surface area (Å²) in [6.07, 6.45) is 3.47. The zero-order valence-corrected chi connectivity index (χ0v) is 10.6. The van der Waals surface area contributed by atoms with Crippen LogP contribution in [0.1, 0.15) is 51.2 Å². The molecule has 1 aliphatic carbocycles. The minimum atomic E-state index is -3.11. The molecule has 2 atom stereocenters. The lowest BCUT2D eigenvalue weighted by Gasteiger charge is -2.34. The normalized spacial score (nSPS) is 29.5. The van der Waals surface area contributed by atoms with E-state index in [-0.39, 0.29) is 12.3 Å². The first-order valence-electron chi connectivity index (χ1n) is 6.22. The quantitative estimate of drug-likeness (QED) is 0.907. The summed E-state index contributed by atoms with van der Waals surface area (Å²) in [6, 6.07) is 0. The number of halogens is 2. The highest BCUT2D eigenvalue weighted by atomic mass is 19.3. The van der Waals surface area contributed by atoms with Gasteiger partial charge in [0.1, 0.15) is 0 Å². The highest BCUT2D eigenvalue weighted by Gasteiger charge is 2.36. The molecule has 0 unspecified atom stereocenters. The van der Waals surface area contributed by atoms with Gasteiger partial charge in [0.25, 0.3) is 0 Å². The summed E-state index contributed by atoms with van der Waals surface area (Å²) in [4.78, 5) is 3.66. The van der Waals surface area contributed by atoms with Crippen LogP contribution >= 0.6 is 0 Å². The molecule has 1 aromatic heterocycles. The smallest absolute Gasteiger partial charge is 0.307 e. The Hall–Kier alpha value is -1.04. The highest BCUT2D eigenvalue weighted by molar-refractivity contribution is 4.98. The van der Waals surface area contributed by atoms with E-state index in [0.29, 0.717) is 18.8 Å². The van der Waals surface area contributed by atoms with Gasteiger partial charge in [0.05, 0.1) is 12.0 Å². The van der Waals surface area contributed by atoms with Crippen molar-refractivity contribution < 1.29 is 18.4 Å². The van der Waals surface area contributed by atoms with E-state index in [4.69, 9.17) is 4.52 Å². The number of aromatic nitrogens is 2. The third kappa shape index (κ3) is 3.04. The molecule has 1 aromatic rings. The molecule has 6 heteroatoms. The molecule has 18 heavy (non-hydrogen) atoms. The zero-order valence-electron chi connectivity index (χ0n) is 10.6. The largest absolute Gasteiger partial charge is 0.389 e. The van der Waals surface area contributed by atoms with Crippen LogP contribution in [0.4, 0.5) is 8.78 Å². The average molecular weight is 260 g/mol. The van der Waals surface area contributed by atoms with E-state index < -0.39 is 17.3 Å². The number of alkyl halides is 2. The van der Waals surface area contributed by atoms with Gasteiger partial charge >= 0.3 is 5.92 Å². The minimum Gasteiger partial charge on any atom is -0.389 e. The second kappa shape index (κ2) is 4.57. The standard InChI is InChI=1S/C12H18F2N2O2/c1-8-4-3-5-12(17,6-8)7-9-15-10(16-18-9)11(2,13)14/h8,17H,3-7H2,1-2H3/t8-,12+/m0/s1. The Balaban J connectivity index is 2.07. The summed E-state index contributed by atoms with van der Waals surface area (Å²) >= 11 is 0. The zero-order chi connectivity index (χ0) is 13.4. The van der Waals surface area contributed by atoms with Crippen LogP contribution in [0.5, 0.6) is 0 Å². The van der Waals surface area contributed by atoms with Gasteiger partial charge in [-0.1, -0.05) is 24.9 Å². The van der Waals surface area contributed by atoms with Gasteiger partial charge in [-0.2, -0.15) is 13.8 Å². The van der Waals surface area contributed by atoms with Crippen molar-refractivity contribution in [1.29, 1.82) is 0 Å². The van der Waals surface area contributed by atoms with E-state index in [1.54, 1.807) is 0 Å². The Labute approximate surface area is 104 Å². The lowest BCUT2D eigenvalue weighted by atomic mass is 9.77. The van der Waals surface area contributed by atoms with Crippen LogP contribution in [-0.4, -0.2) is 20.8 Å². The molecule has 1 heterocycles. The number of rotatable bonds is 3. The van der Waals surface area contributed by atoms with Crippen LogP contribution in [0.3, 0.4) is 0 Å². The molecule has 0 spiro atoms. The summed E-state index contributed by atoms with van der Waals surface area (Å²) in [5.74, 6) is -3.21. The van der Waals surface area contributed by atoms with Crippen LogP contribution in [0.25, 0.3) is 0 Å². The first-order valence-corrected chi connectivity index (χ1v) is 6.22. The summed E-state index contributed by atoms with van der Waals surface area (Å²) in [6.45, 7) is 2.79. The van der Waals surface area contributed by atoms with Crippen molar-refractivity contribution in [2.75, 3.05) is 0 Å². The van der Waals surface area contributed by atoms with Crippen LogP contribution in [0, 0.1) is 5.92 Å². The monoisotopic (exact) mass is 260 g/mol. The number of nitrogens with zero attached hydrogens (tertiary/aromatic N) is 2. The first kappa shape index (κ1) is 13.4. The van der Waals surface area contributed by atoms with Crippen molar-refractivity contribution in [2.24, 2.45) is 5.92 Å². The molecule has 0 saturated heterocycles. The van der Waals surface area contributed by atoms with Gasteiger partial charge in [0.15, 0.2) is 0 Å². The Morgan fingerprint density at radius 3 is 2.83 bits per heavy atom. The molecule has 102 valence electrons. The summed E-state index contributed by atoms with van der Waals surface area (Å²) in [7, 11) is 0. The van der Waals surface area contributed by atoms with Crippen LogP contribution in [0.15, 0.2) is 4.52 Å². The molecule has 1 saturated carbocycles. The molecule has 2 rings (SSSR count). The van der Waals surface area contributed by atoms with Crippen LogP contribution in [0.2, 0.25) is 0 Å². The van der Waals surface area contributed by atoms with Crippen molar-refractivity contribution in [3.8, 4) is 0 Å². The fraction of sp³-hybridized carbons (Fsp3) is 0.833. The van der Waals surface area contributed by atoms with Gasteiger partial charge in [0.2, 0.25) is 11.7 Å². The van der Waals surface area contributed by atoms with Crippen molar-refractivity contribution >= 4 is 0 Å². The minimum absolute atomic E-state index is 0.0862. The van der Waals surface area contributed by atoms with Crippen molar-refractivity contribution in [3.05, 3.63) is 11.7 Å². The fourth-order valence-electron chi connectivity index (χ4n) is 2.58. The Kier molecular flexibility index (Phi) is 3.40. The lowest BCUT2D eigenvalue weighted by Crippen LogP contribution is -2.36. The van der Waals surface area contributed by atoms with Gasteiger partial charge in [-0.25, -0.2) is 0 Å². The van der Waals surface area contributed by atoms with E-state index in [9.17, 15) is 13.9 Å². The van der Waals surface area contributed by atoms with Crippen molar-refractivity contribution in [3.63, 3.8) is 0 Å². The molecule has 0 radical (unpaired) electrons. The van der Waals surface area contributed by atoms with E-state index in [1.807, 2.05) is 0 Å². The predicted molar refractivity (Wildman–Crippen MR) is 60.2 cm³/mol. The van der Waals surface area contributed by atoms with Gasteiger partial charge in [-0.3, -0.25) is 0 Å². The Morgan fingerprint density at radius 1 is 1.56 bits per heavy atom. The molecule has 0 bridgehead atoms. The summed E-state index contributed by atoms with van der Waals surface area (Å²) in [5, 5.41) is 13.6. The molecule has 1 aliphatic rings. The summed E-state index contributed by atoms with van der Waals surface area (Å²) < 4.78 is 30.7. The van der Waals surface area contributed by atoms with Gasteiger partial charge in [-0.15, -0.1) is 0 Å². The highest BCUT2D eigenvalue weighted by Crippen LogP contribution is 2.34. The Morgan fingerprint density at radius 2 is 2.28 bits per heavy atom. The summed E-state index contributed by atoms with van der Waals surface area (Å²) in [5.41, 5.74) is -0.898. The maximum absolute atomic E-state index is 13.0. The molecule has 0 aliphatic heterocycles. The second-order valence-electron chi connectivity index (χ2n) is 5.50.